The van der Waals surface area contributed by atoms with Gasteiger partial charge in [0.05, 0.1) is 6.61 Å². The Hall–Kier alpha value is -3.76. The van der Waals surface area contributed by atoms with Gasteiger partial charge >= 0.3 is 18.0 Å². The van der Waals surface area contributed by atoms with Crippen molar-refractivity contribution in [1.29, 1.82) is 5.41 Å². The summed E-state index contributed by atoms with van der Waals surface area (Å²) in [6.45, 7) is 6.94. The Morgan fingerprint density at radius 3 is 2.47 bits per heavy atom. The molecule has 0 atom stereocenters. The molecular formula is C25H33FN6O4. The zero-order chi connectivity index (χ0) is 26.1. The molecule has 2 aromatic rings. The third-order valence-corrected chi connectivity index (χ3v) is 6.11. The van der Waals surface area contributed by atoms with Crippen LogP contribution < -0.4 is 10.5 Å². The number of ether oxygens (including phenoxy) is 2. The first-order valence-electron chi connectivity index (χ1n) is 12.1. The molecule has 3 N–H and O–H groups in total. The van der Waals surface area contributed by atoms with Crippen LogP contribution in [0, 0.1) is 17.1 Å². The maximum Gasteiger partial charge on any atom is 0.319 e. The molecule has 0 aliphatic carbocycles. The molecule has 1 aromatic carbocycles. The quantitative estimate of drug-likeness (QED) is 0.291. The minimum absolute atomic E-state index is 0.0869. The molecule has 0 unspecified atom stereocenters. The number of carbonyl (C=O) groups excluding carboxylic acids is 2. The van der Waals surface area contributed by atoms with Crippen LogP contribution in [0.25, 0.3) is 11.1 Å². The second-order valence-corrected chi connectivity index (χ2v) is 8.59. The summed E-state index contributed by atoms with van der Waals surface area (Å²) in [5.41, 5.74) is 6.09. The van der Waals surface area contributed by atoms with E-state index in [-0.39, 0.29) is 42.0 Å². The topological polar surface area (TPSA) is 135 Å². The van der Waals surface area contributed by atoms with Crippen LogP contribution in [-0.4, -0.2) is 70.4 Å². The first-order chi connectivity index (χ1) is 17.3. The van der Waals surface area contributed by atoms with Crippen LogP contribution in [-0.2, 0) is 16.1 Å². The number of esters is 1. The van der Waals surface area contributed by atoms with Gasteiger partial charge in [0.1, 0.15) is 24.7 Å². The summed E-state index contributed by atoms with van der Waals surface area (Å²) in [5.74, 6) is -1.26. The minimum atomic E-state index is -0.696. The van der Waals surface area contributed by atoms with Gasteiger partial charge in [-0.05, 0) is 32.6 Å². The molecule has 11 heteroatoms. The summed E-state index contributed by atoms with van der Waals surface area (Å²) >= 11 is 0. The number of nitrogens with one attached hydrogen (secondary N) is 1. The number of carbonyl (C=O) groups is 2. The molecular weight excluding hydrogens is 467 g/mol. The smallest absolute Gasteiger partial charge is 0.319 e. The maximum absolute atomic E-state index is 15.0. The van der Waals surface area contributed by atoms with E-state index in [9.17, 15) is 14.0 Å². The average molecular weight is 501 g/mol. The number of benzene rings is 1. The standard InChI is InChI=1S/C25H33FN6O4/c1-3-31(4-2)25(34)32-10-8-17(9-11-32)15-36-24-29-13-19(14-30-24)20-7-5-6-18(23(20)26)16-35-22(33)12-21(27)28/h5-7,13-14,17H,3-4,8-12,15-16H2,1-2H3,(H3,27,28). The van der Waals surface area contributed by atoms with Crippen LogP contribution in [0.1, 0.15) is 38.7 Å². The van der Waals surface area contributed by atoms with Gasteiger partial charge in [-0.1, -0.05) is 18.2 Å². The number of amides is 2. The normalized spacial score (nSPS) is 13.8. The lowest BCUT2D eigenvalue weighted by molar-refractivity contribution is -0.143. The number of aromatic nitrogens is 2. The fraction of sp³-hybridized carbons (Fsp3) is 0.480. The Morgan fingerprint density at radius 1 is 1.19 bits per heavy atom. The van der Waals surface area contributed by atoms with Gasteiger partial charge in [-0.25, -0.2) is 19.2 Å². The Kier molecular flexibility index (Phi) is 9.54. The molecule has 0 spiro atoms. The van der Waals surface area contributed by atoms with Crippen LogP contribution in [0.4, 0.5) is 9.18 Å². The number of nitrogens with zero attached hydrogens (tertiary/aromatic N) is 4. The third kappa shape index (κ3) is 7.12. The van der Waals surface area contributed by atoms with Gasteiger partial charge in [-0.3, -0.25) is 10.2 Å². The molecule has 36 heavy (non-hydrogen) atoms. The highest BCUT2D eigenvalue weighted by Gasteiger charge is 2.25. The van der Waals surface area contributed by atoms with E-state index in [1.807, 2.05) is 23.6 Å². The Morgan fingerprint density at radius 2 is 1.86 bits per heavy atom. The van der Waals surface area contributed by atoms with E-state index in [0.29, 0.717) is 44.3 Å². The first kappa shape index (κ1) is 26.8. The van der Waals surface area contributed by atoms with Crippen molar-refractivity contribution in [3.8, 4) is 17.1 Å². The van der Waals surface area contributed by atoms with Crippen molar-refractivity contribution in [2.45, 2.75) is 39.7 Å². The van der Waals surface area contributed by atoms with E-state index in [2.05, 4.69) is 9.97 Å². The highest BCUT2D eigenvalue weighted by molar-refractivity contribution is 5.94. The number of urea groups is 1. The van der Waals surface area contributed by atoms with Crippen molar-refractivity contribution in [2.24, 2.45) is 11.7 Å². The Bertz CT molecular complexity index is 1050. The van der Waals surface area contributed by atoms with E-state index >= 15 is 0 Å². The molecule has 1 saturated heterocycles. The van der Waals surface area contributed by atoms with E-state index in [1.54, 1.807) is 12.1 Å². The molecule has 3 rings (SSSR count). The molecule has 1 fully saturated rings. The summed E-state index contributed by atoms with van der Waals surface area (Å²) in [6, 6.07) is 5.04. The molecule has 0 bridgehead atoms. The van der Waals surface area contributed by atoms with Crippen molar-refractivity contribution >= 4 is 17.8 Å². The van der Waals surface area contributed by atoms with Crippen LogP contribution in [0.15, 0.2) is 30.6 Å². The fourth-order valence-electron chi connectivity index (χ4n) is 3.99. The molecule has 2 heterocycles. The number of piperidine rings is 1. The van der Waals surface area contributed by atoms with Gasteiger partial charge < -0.3 is 25.0 Å². The zero-order valence-corrected chi connectivity index (χ0v) is 20.7. The highest BCUT2D eigenvalue weighted by atomic mass is 19.1. The molecule has 10 nitrogen and oxygen atoms in total. The third-order valence-electron chi connectivity index (χ3n) is 6.11. The van der Waals surface area contributed by atoms with E-state index in [4.69, 9.17) is 20.6 Å². The SMILES string of the molecule is CCN(CC)C(=O)N1CCC(COc2ncc(-c3cccc(COC(=O)CC(=N)N)c3F)cn2)CC1. The Labute approximate surface area is 210 Å². The van der Waals surface area contributed by atoms with Crippen LogP contribution >= 0.6 is 0 Å². The monoisotopic (exact) mass is 500 g/mol. The average Bonchev–Trinajstić information content (AvgIpc) is 2.88. The number of likely N-dealkylation sites (tertiary alicyclic amines) is 1. The maximum atomic E-state index is 15.0. The van der Waals surface area contributed by atoms with Gasteiger partial charge in [0, 0.05) is 55.3 Å². The number of amidine groups is 1. The lowest BCUT2D eigenvalue weighted by atomic mass is 9.98. The number of hydrogen-bond donors (Lipinski definition) is 2. The molecule has 0 radical (unpaired) electrons. The highest BCUT2D eigenvalue weighted by Crippen LogP contribution is 2.25. The van der Waals surface area contributed by atoms with E-state index in [1.165, 1.54) is 18.5 Å². The fourth-order valence-corrected chi connectivity index (χ4v) is 3.99. The van der Waals surface area contributed by atoms with Crippen molar-refractivity contribution in [2.75, 3.05) is 32.8 Å². The van der Waals surface area contributed by atoms with E-state index < -0.39 is 11.8 Å². The molecule has 194 valence electrons. The van der Waals surface area contributed by atoms with Crippen molar-refractivity contribution in [1.82, 2.24) is 19.8 Å². The van der Waals surface area contributed by atoms with Crippen LogP contribution in [0.3, 0.4) is 0 Å². The van der Waals surface area contributed by atoms with Crippen molar-refractivity contribution in [3.05, 3.63) is 42.0 Å². The Balaban J connectivity index is 1.52. The van der Waals surface area contributed by atoms with Crippen LogP contribution in [0.5, 0.6) is 6.01 Å². The summed E-state index contributed by atoms with van der Waals surface area (Å²) in [5, 5.41) is 7.12. The van der Waals surface area contributed by atoms with Gasteiger partial charge in [-0.15, -0.1) is 0 Å². The first-order valence-corrected chi connectivity index (χ1v) is 12.1. The van der Waals surface area contributed by atoms with Gasteiger partial charge in [-0.2, -0.15) is 0 Å². The number of nitrogens with two attached hydrogens (primary N) is 1. The molecule has 2 amide bonds. The van der Waals surface area contributed by atoms with Gasteiger partial charge in [0.2, 0.25) is 0 Å². The number of halogens is 1. The zero-order valence-electron chi connectivity index (χ0n) is 20.7. The van der Waals surface area contributed by atoms with Gasteiger partial charge in [0.25, 0.3) is 0 Å². The van der Waals surface area contributed by atoms with Gasteiger partial charge in [0.15, 0.2) is 0 Å². The lowest BCUT2D eigenvalue weighted by Gasteiger charge is -2.35. The van der Waals surface area contributed by atoms with Crippen molar-refractivity contribution < 1.29 is 23.5 Å². The second kappa shape index (κ2) is 12.8. The number of hydrogen-bond acceptors (Lipinski definition) is 7. The van der Waals surface area contributed by atoms with Crippen LogP contribution in [0.2, 0.25) is 0 Å². The lowest BCUT2D eigenvalue weighted by Crippen LogP contribution is -2.47. The predicted molar refractivity (Wildman–Crippen MR) is 132 cm³/mol. The molecule has 0 saturated carbocycles. The summed E-state index contributed by atoms with van der Waals surface area (Å²) < 4.78 is 25.7. The summed E-state index contributed by atoms with van der Waals surface area (Å²) in [4.78, 5) is 36.2. The molecule has 1 aromatic heterocycles. The minimum Gasteiger partial charge on any atom is -0.463 e. The second-order valence-electron chi connectivity index (χ2n) is 8.59. The summed E-state index contributed by atoms with van der Waals surface area (Å²) in [6.07, 6.45) is 4.32. The summed E-state index contributed by atoms with van der Waals surface area (Å²) in [7, 11) is 0. The largest absolute Gasteiger partial charge is 0.463 e. The predicted octanol–water partition coefficient (Wildman–Crippen LogP) is 3.20. The van der Waals surface area contributed by atoms with E-state index in [0.717, 1.165) is 12.8 Å². The number of rotatable bonds is 10. The molecule has 1 aliphatic rings. The van der Waals surface area contributed by atoms with Crippen molar-refractivity contribution in [3.63, 3.8) is 0 Å². The molecule has 1 aliphatic heterocycles.